The highest BCUT2D eigenvalue weighted by molar-refractivity contribution is 7.89. The molecule has 10 heteroatoms. The van der Waals surface area contributed by atoms with Crippen LogP contribution in [0, 0.1) is 0 Å². The molecule has 29 heavy (non-hydrogen) atoms. The van der Waals surface area contributed by atoms with Crippen LogP contribution in [0.1, 0.15) is 5.56 Å². The third kappa shape index (κ3) is 6.97. The van der Waals surface area contributed by atoms with Crippen LogP contribution in [-0.2, 0) is 35.6 Å². The van der Waals surface area contributed by atoms with Crippen LogP contribution in [-0.4, -0.2) is 50.7 Å². The molecule has 0 bridgehead atoms. The maximum Gasteiger partial charge on any atom is 0.321 e. The van der Waals surface area contributed by atoms with Crippen LogP contribution in [0.15, 0.2) is 59.5 Å². The molecule has 0 saturated heterocycles. The molecule has 0 aliphatic rings. The van der Waals surface area contributed by atoms with E-state index in [2.05, 4.69) is 5.32 Å². The van der Waals surface area contributed by atoms with Crippen molar-refractivity contribution in [1.29, 1.82) is 0 Å². The highest BCUT2D eigenvalue weighted by Crippen LogP contribution is 2.17. The first kappa shape index (κ1) is 22.5. The summed E-state index contributed by atoms with van der Waals surface area (Å²) in [5.74, 6) is -2.28. The van der Waals surface area contributed by atoms with Gasteiger partial charge >= 0.3 is 5.97 Å². The normalized spacial score (nSPS) is 11.1. The minimum absolute atomic E-state index is 0.00258. The van der Waals surface area contributed by atoms with Gasteiger partial charge in [-0.25, -0.2) is 8.42 Å². The second kappa shape index (κ2) is 10.1. The first-order valence-corrected chi connectivity index (χ1v) is 10.2. The van der Waals surface area contributed by atoms with Gasteiger partial charge in [0.25, 0.3) is 5.91 Å². The van der Waals surface area contributed by atoms with Crippen molar-refractivity contribution in [2.24, 2.45) is 0 Å². The van der Waals surface area contributed by atoms with E-state index in [9.17, 15) is 22.8 Å². The van der Waals surface area contributed by atoms with Crippen LogP contribution in [0.4, 0.5) is 0 Å². The average molecular weight is 439 g/mol. The van der Waals surface area contributed by atoms with Gasteiger partial charge in [-0.15, -0.1) is 0 Å². The number of hydrogen-bond acceptors (Lipinski definition) is 6. The minimum Gasteiger partial charge on any atom is -0.455 e. The number of carbonyl (C=O) groups is 3. The summed E-state index contributed by atoms with van der Waals surface area (Å²) in [6.45, 7) is -1.30. The molecule has 8 nitrogen and oxygen atoms in total. The fraction of sp³-hybridized carbons (Fsp3) is 0.211. The van der Waals surface area contributed by atoms with Gasteiger partial charge in [-0.3, -0.25) is 19.7 Å². The lowest BCUT2D eigenvalue weighted by Crippen LogP contribution is -2.37. The molecule has 154 valence electrons. The summed E-state index contributed by atoms with van der Waals surface area (Å²) >= 11 is 5.73. The van der Waals surface area contributed by atoms with Crippen molar-refractivity contribution in [3.05, 3.63) is 65.2 Å². The molecule has 1 N–H and O–H groups in total. The summed E-state index contributed by atoms with van der Waals surface area (Å²) in [5, 5.41) is 2.47. The molecular weight excluding hydrogens is 420 g/mol. The number of amides is 2. The summed E-state index contributed by atoms with van der Waals surface area (Å²) in [6, 6.07) is 14.3. The lowest BCUT2D eigenvalue weighted by Gasteiger charge is -2.16. The Morgan fingerprint density at radius 3 is 2.24 bits per heavy atom. The van der Waals surface area contributed by atoms with Crippen LogP contribution in [0.25, 0.3) is 0 Å². The quantitative estimate of drug-likeness (QED) is 0.623. The minimum atomic E-state index is -3.92. The third-order valence-corrected chi connectivity index (χ3v) is 5.79. The number of nitrogens with one attached hydrogen (secondary N) is 1. The number of imide groups is 1. The summed E-state index contributed by atoms with van der Waals surface area (Å²) in [5.41, 5.74) is 0.726. The van der Waals surface area contributed by atoms with E-state index >= 15 is 0 Å². The van der Waals surface area contributed by atoms with Crippen LogP contribution < -0.4 is 5.32 Å². The van der Waals surface area contributed by atoms with Crippen LogP contribution >= 0.6 is 11.6 Å². The summed E-state index contributed by atoms with van der Waals surface area (Å²) in [7, 11) is -2.72. The molecule has 0 heterocycles. The molecule has 0 unspecified atom stereocenters. The molecule has 0 aromatic heterocycles. The first-order valence-electron chi connectivity index (χ1n) is 8.42. The SMILES string of the molecule is CN(CC(=O)OCC(=O)NC(=O)Cc1ccccc1)S(=O)(=O)c1ccc(Cl)cc1. The fourth-order valence-corrected chi connectivity index (χ4v) is 3.50. The fourth-order valence-electron chi connectivity index (χ4n) is 2.26. The number of esters is 1. The maximum atomic E-state index is 12.4. The molecule has 0 radical (unpaired) electrons. The van der Waals surface area contributed by atoms with E-state index in [0.29, 0.717) is 5.02 Å². The number of likely N-dealkylation sites (N-methyl/N-ethyl adjacent to an activating group) is 1. The van der Waals surface area contributed by atoms with Gasteiger partial charge in [0.15, 0.2) is 6.61 Å². The van der Waals surface area contributed by atoms with E-state index in [1.54, 1.807) is 30.3 Å². The van der Waals surface area contributed by atoms with Crippen molar-refractivity contribution in [2.75, 3.05) is 20.2 Å². The van der Waals surface area contributed by atoms with Gasteiger partial charge in [-0.2, -0.15) is 4.31 Å². The van der Waals surface area contributed by atoms with E-state index in [4.69, 9.17) is 16.3 Å². The number of benzene rings is 2. The highest BCUT2D eigenvalue weighted by Gasteiger charge is 2.24. The Kier molecular flexibility index (Phi) is 7.89. The van der Waals surface area contributed by atoms with Gasteiger partial charge in [0.2, 0.25) is 15.9 Å². The smallest absolute Gasteiger partial charge is 0.321 e. The number of sulfonamides is 1. The zero-order valence-corrected chi connectivity index (χ0v) is 17.1. The number of carbonyl (C=O) groups excluding carboxylic acids is 3. The van der Waals surface area contributed by atoms with Gasteiger partial charge < -0.3 is 4.74 Å². The van der Waals surface area contributed by atoms with Gasteiger partial charge in [-0.05, 0) is 29.8 Å². The zero-order valence-electron chi connectivity index (χ0n) is 15.5. The van der Waals surface area contributed by atoms with Crippen molar-refractivity contribution in [3.8, 4) is 0 Å². The topological polar surface area (TPSA) is 110 Å². The predicted molar refractivity (Wildman–Crippen MR) is 106 cm³/mol. The Hall–Kier alpha value is -2.75. The van der Waals surface area contributed by atoms with E-state index in [0.717, 1.165) is 9.87 Å². The molecule has 0 aliphatic carbocycles. The molecule has 2 rings (SSSR count). The average Bonchev–Trinajstić information content (AvgIpc) is 2.67. The standard InChI is InChI=1S/C19H19ClN2O6S/c1-22(29(26,27)16-9-7-15(20)8-10-16)12-19(25)28-13-18(24)21-17(23)11-14-5-3-2-4-6-14/h2-10H,11-13H2,1H3,(H,21,23,24). The number of halogens is 1. The number of rotatable bonds is 8. The van der Waals surface area contributed by atoms with Gasteiger partial charge in [0.1, 0.15) is 6.54 Å². The molecule has 2 aromatic carbocycles. The van der Waals surface area contributed by atoms with E-state index in [1.165, 1.54) is 31.3 Å². The second-order valence-electron chi connectivity index (χ2n) is 6.01. The van der Waals surface area contributed by atoms with Gasteiger partial charge in [-0.1, -0.05) is 41.9 Å². The molecular formula is C19H19ClN2O6S. The van der Waals surface area contributed by atoms with Crippen molar-refractivity contribution in [1.82, 2.24) is 9.62 Å². The van der Waals surface area contributed by atoms with Crippen molar-refractivity contribution < 1.29 is 27.5 Å². The predicted octanol–water partition coefficient (Wildman–Crippen LogP) is 1.39. The lowest BCUT2D eigenvalue weighted by atomic mass is 10.1. The van der Waals surface area contributed by atoms with Gasteiger partial charge in [0.05, 0.1) is 11.3 Å². The summed E-state index contributed by atoms with van der Waals surface area (Å²) in [6.07, 6.45) is 0.00258. The number of hydrogen-bond donors (Lipinski definition) is 1. The Labute approximate surface area is 173 Å². The van der Waals surface area contributed by atoms with E-state index in [-0.39, 0.29) is 11.3 Å². The van der Waals surface area contributed by atoms with Crippen LogP contribution in [0.5, 0.6) is 0 Å². The van der Waals surface area contributed by atoms with E-state index < -0.39 is 41.0 Å². The molecule has 0 saturated carbocycles. The lowest BCUT2D eigenvalue weighted by molar-refractivity contribution is -0.149. The molecule has 0 atom stereocenters. The highest BCUT2D eigenvalue weighted by atomic mass is 35.5. The third-order valence-electron chi connectivity index (χ3n) is 3.72. The van der Waals surface area contributed by atoms with Crippen molar-refractivity contribution in [3.63, 3.8) is 0 Å². The number of nitrogens with zero attached hydrogens (tertiary/aromatic N) is 1. The monoisotopic (exact) mass is 438 g/mol. The molecule has 0 spiro atoms. The Morgan fingerprint density at radius 1 is 1.00 bits per heavy atom. The van der Waals surface area contributed by atoms with Crippen LogP contribution in [0.2, 0.25) is 5.02 Å². The molecule has 2 aromatic rings. The Morgan fingerprint density at radius 2 is 1.62 bits per heavy atom. The molecule has 0 fully saturated rings. The van der Waals surface area contributed by atoms with E-state index in [1.807, 2.05) is 0 Å². The van der Waals surface area contributed by atoms with Gasteiger partial charge in [0, 0.05) is 12.1 Å². The Bertz CT molecular complexity index is 978. The summed E-state index contributed by atoms with van der Waals surface area (Å²) in [4.78, 5) is 35.3. The molecule has 0 aliphatic heterocycles. The second-order valence-corrected chi connectivity index (χ2v) is 8.49. The largest absolute Gasteiger partial charge is 0.455 e. The molecule has 2 amide bonds. The summed E-state index contributed by atoms with van der Waals surface area (Å²) < 4.78 is 30.3. The maximum absolute atomic E-state index is 12.4. The van der Waals surface area contributed by atoms with Crippen molar-refractivity contribution >= 4 is 39.4 Å². The zero-order chi connectivity index (χ0) is 21.4. The Balaban J connectivity index is 1.80. The first-order chi connectivity index (χ1) is 13.7. The number of ether oxygens (including phenoxy) is 1. The van der Waals surface area contributed by atoms with Crippen molar-refractivity contribution in [2.45, 2.75) is 11.3 Å². The van der Waals surface area contributed by atoms with Crippen LogP contribution in [0.3, 0.4) is 0 Å².